The fourth-order valence-corrected chi connectivity index (χ4v) is 2.21. The standard InChI is InChI=1S/C12H13BrFN/c13-10-7-4-8-11(14)12(10)15-9-5-2-1-3-6-9/h2,4-5,7-9,15H,1,3,6H2. The van der Waals surface area contributed by atoms with Gasteiger partial charge in [0.05, 0.1) is 5.69 Å². The highest BCUT2D eigenvalue weighted by atomic mass is 79.9. The van der Waals surface area contributed by atoms with Crippen LogP contribution in [0, 0.1) is 5.82 Å². The molecule has 0 bridgehead atoms. The maximum absolute atomic E-state index is 13.5. The lowest BCUT2D eigenvalue weighted by atomic mass is 10.0. The average Bonchev–Trinajstić information content (AvgIpc) is 2.25. The molecule has 0 saturated heterocycles. The number of rotatable bonds is 2. The van der Waals surface area contributed by atoms with Gasteiger partial charge in [-0.25, -0.2) is 4.39 Å². The van der Waals surface area contributed by atoms with E-state index in [1.165, 1.54) is 12.5 Å². The molecule has 0 fully saturated rings. The van der Waals surface area contributed by atoms with Gasteiger partial charge in [0.1, 0.15) is 5.82 Å². The third kappa shape index (κ3) is 2.59. The second kappa shape index (κ2) is 4.79. The Kier molecular flexibility index (Phi) is 3.41. The topological polar surface area (TPSA) is 12.0 Å². The van der Waals surface area contributed by atoms with Crippen molar-refractivity contribution in [3.8, 4) is 0 Å². The molecule has 1 N–H and O–H groups in total. The summed E-state index contributed by atoms with van der Waals surface area (Å²) in [7, 11) is 0. The Morgan fingerprint density at radius 3 is 2.93 bits per heavy atom. The first kappa shape index (κ1) is 10.7. The first-order valence-electron chi connectivity index (χ1n) is 5.14. The molecule has 0 aliphatic heterocycles. The number of nitrogens with one attached hydrogen (secondary N) is 1. The minimum atomic E-state index is -0.205. The molecule has 3 heteroatoms. The molecular weight excluding hydrogens is 257 g/mol. The number of anilines is 1. The molecular formula is C12H13BrFN. The van der Waals surface area contributed by atoms with E-state index in [-0.39, 0.29) is 11.9 Å². The van der Waals surface area contributed by atoms with Crippen molar-refractivity contribution in [2.75, 3.05) is 5.32 Å². The summed E-state index contributed by atoms with van der Waals surface area (Å²) in [6.45, 7) is 0. The van der Waals surface area contributed by atoms with Gasteiger partial charge in [0, 0.05) is 10.5 Å². The van der Waals surface area contributed by atoms with Gasteiger partial charge in [-0.15, -0.1) is 0 Å². The zero-order valence-corrected chi connectivity index (χ0v) is 9.93. The SMILES string of the molecule is Fc1cccc(Br)c1NC1C=CCCC1. The number of hydrogen-bond acceptors (Lipinski definition) is 1. The lowest BCUT2D eigenvalue weighted by Crippen LogP contribution is -2.19. The lowest BCUT2D eigenvalue weighted by molar-refractivity contribution is 0.619. The van der Waals surface area contributed by atoms with E-state index in [1.807, 2.05) is 6.07 Å². The second-order valence-electron chi connectivity index (χ2n) is 3.71. The summed E-state index contributed by atoms with van der Waals surface area (Å²) >= 11 is 3.35. The summed E-state index contributed by atoms with van der Waals surface area (Å²) in [5, 5.41) is 3.21. The molecule has 0 saturated carbocycles. The normalized spacial score (nSPS) is 20.3. The van der Waals surface area contributed by atoms with E-state index < -0.39 is 0 Å². The molecule has 2 rings (SSSR count). The number of hydrogen-bond donors (Lipinski definition) is 1. The Bertz CT molecular complexity index is 356. The summed E-state index contributed by atoms with van der Waals surface area (Å²) in [5.41, 5.74) is 0.564. The van der Waals surface area contributed by atoms with Crippen LogP contribution in [-0.2, 0) is 0 Å². The summed E-state index contributed by atoms with van der Waals surface area (Å²) in [6, 6.07) is 5.27. The molecule has 1 aromatic carbocycles. The summed E-state index contributed by atoms with van der Waals surface area (Å²) in [6.07, 6.45) is 7.63. The van der Waals surface area contributed by atoms with Crippen LogP contribution in [0.3, 0.4) is 0 Å². The van der Waals surface area contributed by atoms with Crippen LogP contribution in [0.2, 0.25) is 0 Å². The molecule has 1 aliphatic carbocycles. The van der Waals surface area contributed by atoms with Gasteiger partial charge in [-0.1, -0.05) is 18.2 Å². The zero-order valence-electron chi connectivity index (χ0n) is 8.34. The smallest absolute Gasteiger partial charge is 0.147 e. The van der Waals surface area contributed by atoms with E-state index >= 15 is 0 Å². The number of halogens is 2. The number of benzene rings is 1. The minimum absolute atomic E-state index is 0.205. The first-order valence-corrected chi connectivity index (χ1v) is 5.94. The van der Waals surface area contributed by atoms with Crippen LogP contribution < -0.4 is 5.32 Å². The predicted molar refractivity (Wildman–Crippen MR) is 64.5 cm³/mol. The number of allylic oxidation sites excluding steroid dienone is 1. The van der Waals surface area contributed by atoms with Crippen LogP contribution >= 0.6 is 15.9 Å². The van der Waals surface area contributed by atoms with Gasteiger partial charge in [-0.3, -0.25) is 0 Å². The van der Waals surface area contributed by atoms with Crippen LogP contribution in [0.15, 0.2) is 34.8 Å². The van der Waals surface area contributed by atoms with Gasteiger partial charge in [0.2, 0.25) is 0 Å². The van der Waals surface area contributed by atoms with Crippen molar-refractivity contribution < 1.29 is 4.39 Å². The van der Waals surface area contributed by atoms with E-state index in [9.17, 15) is 4.39 Å². The molecule has 80 valence electrons. The van der Waals surface area contributed by atoms with E-state index in [2.05, 4.69) is 33.4 Å². The van der Waals surface area contributed by atoms with Crippen molar-refractivity contribution in [3.05, 3.63) is 40.6 Å². The van der Waals surface area contributed by atoms with Crippen LogP contribution in [0.1, 0.15) is 19.3 Å². The average molecular weight is 270 g/mol. The second-order valence-corrected chi connectivity index (χ2v) is 4.56. The molecule has 1 aromatic rings. The molecule has 1 unspecified atom stereocenters. The molecule has 1 aliphatic rings. The van der Waals surface area contributed by atoms with E-state index in [4.69, 9.17) is 0 Å². The fraction of sp³-hybridized carbons (Fsp3) is 0.333. The van der Waals surface area contributed by atoms with Gasteiger partial charge in [-0.2, -0.15) is 0 Å². The van der Waals surface area contributed by atoms with E-state index in [0.717, 1.165) is 17.3 Å². The Morgan fingerprint density at radius 1 is 1.40 bits per heavy atom. The summed E-state index contributed by atoms with van der Waals surface area (Å²) < 4.78 is 14.3. The van der Waals surface area contributed by atoms with Crippen molar-refractivity contribution in [2.45, 2.75) is 25.3 Å². The predicted octanol–water partition coefficient (Wildman–Crippen LogP) is 4.11. The summed E-state index contributed by atoms with van der Waals surface area (Å²) in [4.78, 5) is 0. The maximum atomic E-state index is 13.5. The molecule has 1 nitrogen and oxygen atoms in total. The highest BCUT2D eigenvalue weighted by Gasteiger charge is 2.12. The lowest BCUT2D eigenvalue weighted by Gasteiger charge is -2.20. The van der Waals surface area contributed by atoms with Crippen molar-refractivity contribution in [2.24, 2.45) is 0 Å². The molecule has 0 amide bonds. The van der Waals surface area contributed by atoms with Crippen LogP contribution in [0.4, 0.5) is 10.1 Å². The Balaban J connectivity index is 2.16. The third-order valence-electron chi connectivity index (χ3n) is 2.55. The highest BCUT2D eigenvalue weighted by molar-refractivity contribution is 9.10. The van der Waals surface area contributed by atoms with Crippen molar-refractivity contribution in [1.29, 1.82) is 0 Å². The zero-order chi connectivity index (χ0) is 10.7. The molecule has 15 heavy (non-hydrogen) atoms. The Morgan fingerprint density at radius 2 is 2.27 bits per heavy atom. The Hall–Kier alpha value is -0.830. The summed E-state index contributed by atoms with van der Waals surface area (Å²) in [5.74, 6) is -0.205. The molecule has 0 heterocycles. The quantitative estimate of drug-likeness (QED) is 0.797. The van der Waals surface area contributed by atoms with Crippen LogP contribution in [0.25, 0.3) is 0 Å². The highest BCUT2D eigenvalue weighted by Crippen LogP contribution is 2.27. The first-order chi connectivity index (χ1) is 7.27. The van der Waals surface area contributed by atoms with Gasteiger partial charge >= 0.3 is 0 Å². The minimum Gasteiger partial charge on any atom is -0.376 e. The van der Waals surface area contributed by atoms with Gasteiger partial charge in [0.25, 0.3) is 0 Å². The fourth-order valence-electron chi connectivity index (χ4n) is 1.75. The number of para-hydroxylation sites is 1. The molecule has 1 atom stereocenters. The maximum Gasteiger partial charge on any atom is 0.147 e. The monoisotopic (exact) mass is 269 g/mol. The third-order valence-corrected chi connectivity index (χ3v) is 3.21. The van der Waals surface area contributed by atoms with Crippen LogP contribution in [-0.4, -0.2) is 6.04 Å². The molecule has 0 spiro atoms. The van der Waals surface area contributed by atoms with Gasteiger partial charge in [-0.05, 0) is 47.3 Å². The van der Waals surface area contributed by atoms with Gasteiger partial charge in [0.15, 0.2) is 0 Å². The van der Waals surface area contributed by atoms with Crippen molar-refractivity contribution in [3.63, 3.8) is 0 Å². The largest absolute Gasteiger partial charge is 0.376 e. The van der Waals surface area contributed by atoms with E-state index in [0.29, 0.717) is 5.69 Å². The van der Waals surface area contributed by atoms with E-state index in [1.54, 1.807) is 6.07 Å². The van der Waals surface area contributed by atoms with Crippen molar-refractivity contribution in [1.82, 2.24) is 0 Å². The van der Waals surface area contributed by atoms with Crippen molar-refractivity contribution >= 4 is 21.6 Å². The molecule has 0 aromatic heterocycles. The molecule has 0 radical (unpaired) electrons. The Labute approximate surface area is 97.5 Å². The van der Waals surface area contributed by atoms with Crippen LogP contribution in [0.5, 0.6) is 0 Å². The van der Waals surface area contributed by atoms with Gasteiger partial charge < -0.3 is 5.32 Å².